The van der Waals surface area contributed by atoms with Crippen LogP contribution in [0.3, 0.4) is 0 Å². The number of alkyl halides is 2. The molecule has 0 radical (unpaired) electrons. The number of carbonyl (C=O) groups excluding carboxylic acids is 4. The lowest BCUT2D eigenvalue weighted by atomic mass is 9.93. The molecule has 270 valence electrons. The molecule has 2 aliphatic heterocycles. The Morgan fingerprint density at radius 2 is 1.82 bits per heavy atom. The number of aryl methyl sites for hydroxylation is 1. The fourth-order valence-corrected chi connectivity index (χ4v) is 7.49. The molecule has 3 aliphatic rings. The standard InChI is InChI=1S/C31H30F3N7O9S/c1-35-25(42)15-38-13-21(11-36-38)19-4-7-23-20(10-19)8-9-30(23)27(44)41(29(47)50-30)16-26(43)40(12-18-2-5-22(32)6-3-18)24-14-39(17-31(24,33)34)51(48,49)37-28(45)46/h2-7,10-11,13,24,37H,8-9,12,14-17H2,1H3,(H,35,42)(H,45,46)/t24?,30-/m1/s1. The van der Waals surface area contributed by atoms with E-state index in [2.05, 4.69) is 10.4 Å². The smallest absolute Gasteiger partial charge is 0.419 e. The molecule has 1 aliphatic carbocycles. The van der Waals surface area contributed by atoms with E-state index in [4.69, 9.17) is 9.84 Å². The monoisotopic (exact) mass is 733 g/mol. The van der Waals surface area contributed by atoms with Crippen LogP contribution in [0.15, 0.2) is 54.9 Å². The third-order valence-corrected chi connectivity index (χ3v) is 10.4. The number of rotatable bonds is 10. The fraction of sp³-hybridized carbons (Fsp3) is 0.355. The van der Waals surface area contributed by atoms with Gasteiger partial charge in [-0.05, 0) is 35.2 Å². The third kappa shape index (κ3) is 6.70. The Labute approximate surface area is 287 Å². The predicted molar refractivity (Wildman–Crippen MR) is 167 cm³/mol. The molecule has 1 unspecified atom stereocenters. The molecule has 20 heteroatoms. The molecule has 51 heavy (non-hydrogen) atoms. The highest BCUT2D eigenvalue weighted by Crippen LogP contribution is 2.46. The molecule has 2 saturated heterocycles. The average molecular weight is 734 g/mol. The molecular formula is C31H30F3N7O9S. The first kappa shape index (κ1) is 35.3. The van der Waals surface area contributed by atoms with Crippen molar-refractivity contribution in [2.24, 2.45) is 0 Å². The number of imide groups is 1. The van der Waals surface area contributed by atoms with Crippen LogP contribution < -0.4 is 10.0 Å². The number of benzene rings is 2. The zero-order valence-electron chi connectivity index (χ0n) is 26.7. The van der Waals surface area contributed by atoms with Crippen molar-refractivity contribution in [3.63, 3.8) is 0 Å². The number of fused-ring (bicyclic) bond motifs is 2. The van der Waals surface area contributed by atoms with E-state index in [-0.39, 0.29) is 28.7 Å². The summed E-state index contributed by atoms with van der Waals surface area (Å²) >= 11 is 0. The molecule has 3 N–H and O–H groups in total. The van der Waals surface area contributed by atoms with Gasteiger partial charge in [-0.1, -0.05) is 30.3 Å². The lowest BCUT2D eigenvalue weighted by molar-refractivity contribution is -0.147. The summed E-state index contributed by atoms with van der Waals surface area (Å²) < 4.78 is 77.9. The molecule has 1 spiro atoms. The first-order valence-corrected chi connectivity index (χ1v) is 16.8. The lowest BCUT2D eigenvalue weighted by Crippen LogP contribution is -2.53. The SMILES string of the molecule is CNC(=O)Cn1cc(-c2ccc3c(c2)CC[C@@]32OC(=O)N(CC(=O)N(Cc3ccc(F)cc3)C3CN(S(=O)(=O)NC(=O)O)CC3(F)F)C2=O)cn1. The summed E-state index contributed by atoms with van der Waals surface area (Å²) in [6.07, 6.45) is 0.344. The van der Waals surface area contributed by atoms with Crippen LogP contribution in [-0.4, -0.2) is 106 Å². The van der Waals surface area contributed by atoms with Gasteiger partial charge in [-0.3, -0.25) is 19.1 Å². The van der Waals surface area contributed by atoms with E-state index in [1.54, 1.807) is 30.6 Å². The Morgan fingerprint density at radius 3 is 2.51 bits per heavy atom. The number of hydrogen-bond acceptors (Lipinski definition) is 9. The van der Waals surface area contributed by atoms with E-state index < -0.39 is 83.8 Å². The van der Waals surface area contributed by atoms with Gasteiger partial charge >= 0.3 is 22.4 Å². The van der Waals surface area contributed by atoms with Crippen LogP contribution in [0.5, 0.6) is 0 Å². The van der Waals surface area contributed by atoms with Crippen molar-refractivity contribution >= 4 is 40.1 Å². The number of aromatic nitrogens is 2. The van der Waals surface area contributed by atoms with Gasteiger partial charge in [0, 0.05) is 43.9 Å². The number of hydrogen-bond donors (Lipinski definition) is 3. The molecule has 5 amide bonds. The van der Waals surface area contributed by atoms with Gasteiger partial charge in [-0.2, -0.15) is 17.8 Å². The topological polar surface area (TPSA) is 201 Å². The minimum Gasteiger partial charge on any atom is -0.464 e. The average Bonchev–Trinajstić information content (AvgIpc) is 3.82. The van der Waals surface area contributed by atoms with Gasteiger partial charge in [0.1, 0.15) is 24.9 Å². The number of amides is 5. The first-order chi connectivity index (χ1) is 24.0. The zero-order valence-corrected chi connectivity index (χ0v) is 27.5. The second-order valence-corrected chi connectivity index (χ2v) is 13.9. The summed E-state index contributed by atoms with van der Waals surface area (Å²) in [5, 5.41) is 15.6. The number of carbonyl (C=O) groups is 5. The van der Waals surface area contributed by atoms with E-state index in [0.29, 0.717) is 38.5 Å². The summed E-state index contributed by atoms with van der Waals surface area (Å²) in [6.45, 7) is -4.17. The van der Waals surface area contributed by atoms with Crippen molar-refractivity contribution in [2.75, 3.05) is 26.7 Å². The number of nitrogens with one attached hydrogen (secondary N) is 2. The quantitative estimate of drug-likeness (QED) is 0.274. The van der Waals surface area contributed by atoms with E-state index >= 15 is 8.78 Å². The maximum absolute atomic E-state index is 15.5. The lowest BCUT2D eigenvalue weighted by Gasteiger charge is -2.33. The molecular weight excluding hydrogens is 703 g/mol. The summed E-state index contributed by atoms with van der Waals surface area (Å²) in [6, 6.07) is 7.35. The van der Waals surface area contributed by atoms with E-state index in [9.17, 15) is 36.8 Å². The van der Waals surface area contributed by atoms with Gasteiger partial charge in [0.2, 0.25) is 17.4 Å². The maximum atomic E-state index is 15.5. The maximum Gasteiger partial charge on any atom is 0.419 e. The molecule has 3 aromatic rings. The van der Waals surface area contributed by atoms with Crippen molar-refractivity contribution in [2.45, 2.75) is 43.5 Å². The van der Waals surface area contributed by atoms with E-state index in [0.717, 1.165) is 12.1 Å². The van der Waals surface area contributed by atoms with Crippen molar-refractivity contribution in [1.29, 1.82) is 0 Å². The van der Waals surface area contributed by atoms with Gasteiger partial charge in [0.25, 0.3) is 11.8 Å². The Bertz CT molecular complexity index is 2040. The number of nitrogens with zero attached hydrogens (tertiary/aromatic N) is 5. The molecule has 0 saturated carbocycles. The first-order valence-electron chi connectivity index (χ1n) is 15.4. The Balaban J connectivity index is 1.24. The van der Waals surface area contributed by atoms with Crippen LogP contribution in [-0.2, 0) is 54.4 Å². The summed E-state index contributed by atoms with van der Waals surface area (Å²) in [4.78, 5) is 64.7. The van der Waals surface area contributed by atoms with Crippen molar-refractivity contribution in [3.05, 3.63) is 77.4 Å². The minimum absolute atomic E-state index is 0.00254. The molecule has 3 heterocycles. The predicted octanol–water partition coefficient (Wildman–Crippen LogP) is 1.42. The minimum atomic E-state index is -4.95. The molecule has 2 atom stereocenters. The van der Waals surface area contributed by atoms with Gasteiger partial charge in [-0.25, -0.2) is 32.4 Å². The molecule has 1 aromatic heterocycles. The van der Waals surface area contributed by atoms with Crippen LogP contribution in [0.2, 0.25) is 0 Å². The second kappa shape index (κ2) is 13.0. The number of halogens is 3. The highest BCUT2D eigenvalue weighted by Gasteiger charge is 2.60. The van der Waals surface area contributed by atoms with Crippen molar-refractivity contribution < 1.29 is 55.4 Å². The zero-order chi connectivity index (χ0) is 36.9. The van der Waals surface area contributed by atoms with Gasteiger partial charge in [0.05, 0.1) is 12.7 Å². The van der Waals surface area contributed by atoms with Crippen molar-refractivity contribution in [3.8, 4) is 11.1 Å². The van der Waals surface area contributed by atoms with Crippen LogP contribution in [0.4, 0.5) is 22.8 Å². The van der Waals surface area contributed by atoms with E-state index in [1.165, 1.54) is 28.6 Å². The normalized spacial score (nSPS) is 21.1. The van der Waals surface area contributed by atoms with Crippen LogP contribution in [0.1, 0.15) is 23.1 Å². The Kier molecular flexibility index (Phi) is 9.00. The van der Waals surface area contributed by atoms with Crippen molar-refractivity contribution in [1.82, 2.24) is 33.9 Å². The van der Waals surface area contributed by atoms with Gasteiger partial charge < -0.3 is 20.1 Å². The van der Waals surface area contributed by atoms with Gasteiger partial charge in [-0.15, -0.1) is 0 Å². The highest BCUT2D eigenvalue weighted by atomic mass is 32.2. The number of likely N-dealkylation sites (N-methyl/N-ethyl adjacent to an activating group) is 1. The van der Waals surface area contributed by atoms with Crippen LogP contribution in [0.25, 0.3) is 11.1 Å². The Hall–Kier alpha value is -5.50. The largest absolute Gasteiger partial charge is 0.464 e. The molecule has 16 nitrogen and oxygen atoms in total. The van der Waals surface area contributed by atoms with E-state index in [1.807, 2.05) is 0 Å². The Morgan fingerprint density at radius 1 is 1.10 bits per heavy atom. The van der Waals surface area contributed by atoms with Crippen LogP contribution >= 0.6 is 0 Å². The fourth-order valence-electron chi connectivity index (χ4n) is 6.46. The van der Waals surface area contributed by atoms with Gasteiger partial charge in [0.15, 0.2) is 0 Å². The summed E-state index contributed by atoms with van der Waals surface area (Å²) in [5.74, 6) is -6.90. The summed E-state index contributed by atoms with van der Waals surface area (Å²) in [7, 11) is -3.45. The number of ether oxygens (including phenoxy) is 1. The molecule has 2 fully saturated rings. The molecule has 2 aromatic carbocycles. The molecule has 0 bridgehead atoms. The molecule has 6 rings (SSSR count). The highest BCUT2D eigenvalue weighted by molar-refractivity contribution is 7.87. The summed E-state index contributed by atoms with van der Waals surface area (Å²) in [5.41, 5.74) is 0.800. The van der Waals surface area contributed by atoms with Crippen LogP contribution in [0, 0.1) is 5.82 Å². The third-order valence-electron chi connectivity index (χ3n) is 8.97. The second-order valence-electron chi connectivity index (χ2n) is 12.2. The number of carboxylic acid groups (broad SMARTS) is 1.